The molecular weight excluding hydrogens is 553 g/mol. The highest BCUT2D eigenvalue weighted by atomic mass is 32.1. The molecule has 12 heteroatoms. The molecule has 3 N–H and O–H groups in total. The van der Waals surface area contributed by atoms with Gasteiger partial charge in [0.1, 0.15) is 12.4 Å². The van der Waals surface area contributed by atoms with Crippen LogP contribution in [0.3, 0.4) is 0 Å². The lowest BCUT2D eigenvalue weighted by Gasteiger charge is -2.35. The molecule has 0 radical (unpaired) electrons. The molecule has 7 heterocycles. The van der Waals surface area contributed by atoms with Crippen molar-refractivity contribution < 1.29 is 9.13 Å². The summed E-state index contributed by atoms with van der Waals surface area (Å²) < 4.78 is 24.1. The fourth-order valence-corrected chi connectivity index (χ4v) is 8.85. The van der Waals surface area contributed by atoms with E-state index >= 15 is 0 Å². The third-order valence-electron chi connectivity index (χ3n) is 9.86. The third kappa shape index (κ3) is 4.10. The maximum Gasteiger partial charge on any atom is 0.247 e. The second-order valence-corrected chi connectivity index (χ2v) is 13.3. The Morgan fingerprint density at radius 2 is 1.98 bits per heavy atom. The lowest BCUT2D eigenvalue weighted by molar-refractivity contribution is 0.111. The predicted molar refractivity (Wildman–Crippen MR) is 165 cm³/mol. The van der Waals surface area contributed by atoms with Crippen molar-refractivity contribution in [1.82, 2.24) is 29.7 Å². The van der Waals surface area contributed by atoms with Gasteiger partial charge in [-0.2, -0.15) is 9.97 Å². The van der Waals surface area contributed by atoms with Gasteiger partial charge in [0.05, 0.1) is 28.1 Å². The summed E-state index contributed by atoms with van der Waals surface area (Å²) in [5, 5.41) is 4.91. The summed E-state index contributed by atoms with van der Waals surface area (Å²) in [6, 6.07) is 4.07. The van der Waals surface area contributed by atoms with E-state index in [1.165, 1.54) is 30.2 Å². The topological polar surface area (TPSA) is 110 Å². The zero-order valence-electron chi connectivity index (χ0n) is 23.9. The maximum absolute atomic E-state index is 14.9. The Balaban J connectivity index is 1.22. The number of halogens is 1. The predicted octanol–water partition coefficient (Wildman–Crippen LogP) is 3.81. The minimum absolute atomic E-state index is 0.101. The fraction of sp³-hybridized carbons (Fsp3) is 0.533. The molecule has 4 saturated heterocycles. The van der Waals surface area contributed by atoms with Gasteiger partial charge in [-0.15, -0.1) is 11.3 Å². The Bertz CT molecular complexity index is 1670. The van der Waals surface area contributed by atoms with Gasteiger partial charge < -0.3 is 25.3 Å². The number of aromatic nitrogens is 4. The van der Waals surface area contributed by atoms with Crippen LogP contribution >= 0.6 is 11.3 Å². The van der Waals surface area contributed by atoms with Crippen LogP contribution in [0.4, 0.5) is 15.3 Å². The summed E-state index contributed by atoms with van der Waals surface area (Å²) in [7, 11) is 1.70. The van der Waals surface area contributed by atoms with E-state index in [1.54, 1.807) is 19.6 Å². The van der Waals surface area contributed by atoms with E-state index in [0.29, 0.717) is 52.3 Å². The SMILES string of the molecule is CN=Cc1c(N)sc2c(F)ccc(Cn3cnc4c(OCC56CCCN5CCC6)nc(N5C6CCC5CNC6)nc43)c12. The number of piperazine rings is 1. The van der Waals surface area contributed by atoms with Crippen molar-refractivity contribution in [3.63, 3.8) is 0 Å². The van der Waals surface area contributed by atoms with Gasteiger partial charge in [-0.25, -0.2) is 9.37 Å². The van der Waals surface area contributed by atoms with E-state index in [1.807, 2.05) is 10.6 Å². The molecule has 2 bridgehead atoms. The van der Waals surface area contributed by atoms with Crippen LogP contribution in [0.1, 0.15) is 49.7 Å². The van der Waals surface area contributed by atoms with Gasteiger partial charge in [-0.1, -0.05) is 6.07 Å². The normalized spacial score (nSPS) is 23.6. The van der Waals surface area contributed by atoms with E-state index in [4.69, 9.17) is 25.4 Å². The molecular formula is C30H36FN9OS. The van der Waals surface area contributed by atoms with Gasteiger partial charge in [-0.3, -0.25) is 9.89 Å². The first kappa shape index (κ1) is 26.3. The number of nitrogens with one attached hydrogen (secondary N) is 1. The summed E-state index contributed by atoms with van der Waals surface area (Å²) in [5.41, 5.74) is 9.49. The van der Waals surface area contributed by atoms with Gasteiger partial charge >= 0.3 is 0 Å². The Morgan fingerprint density at radius 1 is 1.19 bits per heavy atom. The first-order valence-corrected chi connectivity index (χ1v) is 15.9. The van der Waals surface area contributed by atoms with Crippen molar-refractivity contribution >= 4 is 49.8 Å². The van der Waals surface area contributed by atoms with E-state index in [-0.39, 0.29) is 11.4 Å². The Labute approximate surface area is 247 Å². The van der Waals surface area contributed by atoms with Crippen LogP contribution in [0.15, 0.2) is 23.5 Å². The number of hydrogen-bond acceptors (Lipinski definition) is 10. The molecule has 0 saturated carbocycles. The van der Waals surface area contributed by atoms with Gasteiger partial charge in [0.2, 0.25) is 11.8 Å². The summed E-state index contributed by atoms with van der Waals surface area (Å²) in [4.78, 5) is 24.2. The number of anilines is 2. The first-order chi connectivity index (χ1) is 20.5. The zero-order chi connectivity index (χ0) is 28.4. The molecule has 1 aromatic carbocycles. The van der Waals surface area contributed by atoms with E-state index in [0.717, 1.165) is 74.0 Å². The molecule has 4 fully saturated rings. The summed E-state index contributed by atoms with van der Waals surface area (Å²) in [6.07, 6.45) is 10.5. The maximum atomic E-state index is 14.9. The van der Waals surface area contributed by atoms with E-state index < -0.39 is 0 Å². The minimum atomic E-state index is -0.279. The molecule has 4 aliphatic rings. The molecule has 2 unspecified atom stereocenters. The standard InChI is InChI=1S/C30H36FN9OS/c1-33-14-21-23-18(4-7-22(31)25(23)42-26(21)32)15-38-17-35-24-27(38)36-29(40-19-5-6-20(40)13-34-12-19)37-28(24)41-16-30-8-2-10-39(30)11-3-9-30/h4,7,14,17,19-20,34H,2-3,5-6,8-13,15-16,32H2,1H3. The first-order valence-electron chi connectivity index (χ1n) is 15.1. The second kappa shape index (κ2) is 10.1. The average molecular weight is 590 g/mol. The lowest BCUT2D eigenvalue weighted by Crippen LogP contribution is -2.52. The van der Waals surface area contributed by atoms with Crippen molar-refractivity contribution in [1.29, 1.82) is 0 Å². The molecule has 42 heavy (non-hydrogen) atoms. The van der Waals surface area contributed by atoms with Gasteiger partial charge in [-0.05, 0) is 63.2 Å². The van der Waals surface area contributed by atoms with Crippen LogP contribution in [-0.4, -0.2) is 88.1 Å². The molecule has 8 rings (SSSR count). The molecule has 0 amide bonds. The van der Waals surface area contributed by atoms with E-state index in [9.17, 15) is 4.39 Å². The number of thiophene rings is 1. The molecule has 0 spiro atoms. The summed E-state index contributed by atoms with van der Waals surface area (Å²) >= 11 is 1.26. The largest absolute Gasteiger partial charge is 0.474 e. The molecule has 3 aromatic heterocycles. The highest BCUT2D eigenvalue weighted by molar-refractivity contribution is 7.23. The highest BCUT2D eigenvalue weighted by Crippen LogP contribution is 2.41. The molecule has 2 atom stereocenters. The van der Waals surface area contributed by atoms with Crippen molar-refractivity contribution in [2.24, 2.45) is 4.99 Å². The number of imidazole rings is 1. The van der Waals surface area contributed by atoms with E-state index in [2.05, 4.69) is 20.1 Å². The van der Waals surface area contributed by atoms with Gasteiger partial charge in [0, 0.05) is 49.4 Å². The van der Waals surface area contributed by atoms with Crippen molar-refractivity contribution in [3.8, 4) is 5.88 Å². The molecule has 0 aliphatic carbocycles. The molecule has 220 valence electrons. The molecule has 10 nitrogen and oxygen atoms in total. The van der Waals surface area contributed by atoms with Gasteiger partial charge in [0.25, 0.3) is 0 Å². The lowest BCUT2D eigenvalue weighted by atomic mass is 9.95. The molecule has 4 aliphatic heterocycles. The zero-order valence-corrected chi connectivity index (χ0v) is 24.7. The van der Waals surface area contributed by atoms with Gasteiger partial charge in [0.15, 0.2) is 11.2 Å². The van der Waals surface area contributed by atoms with Crippen LogP contribution < -0.4 is 20.7 Å². The van der Waals surface area contributed by atoms with Crippen LogP contribution in [0.25, 0.3) is 21.3 Å². The fourth-order valence-electron chi connectivity index (χ4n) is 7.86. The van der Waals surface area contributed by atoms with Crippen LogP contribution in [0.5, 0.6) is 5.88 Å². The minimum Gasteiger partial charge on any atom is -0.474 e. The third-order valence-corrected chi connectivity index (χ3v) is 10.9. The van der Waals surface area contributed by atoms with Crippen LogP contribution in [0, 0.1) is 5.82 Å². The smallest absolute Gasteiger partial charge is 0.247 e. The second-order valence-electron chi connectivity index (χ2n) is 12.2. The number of benzene rings is 1. The summed E-state index contributed by atoms with van der Waals surface area (Å²) in [6.45, 7) is 5.23. The van der Waals surface area contributed by atoms with Crippen LogP contribution in [-0.2, 0) is 6.54 Å². The number of aliphatic imine (C=N–C) groups is 1. The monoisotopic (exact) mass is 589 g/mol. The summed E-state index contributed by atoms with van der Waals surface area (Å²) in [5.74, 6) is 0.990. The Morgan fingerprint density at radius 3 is 2.74 bits per heavy atom. The number of nitrogen functional groups attached to an aromatic ring is 1. The number of nitrogens with two attached hydrogens (primary N) is 1. The van der Waals surface area contributed by atoms with Crippen molar-refractivity contribution in [2.45, 2.75) is 62.7 Å². The number of rotatable bonds is 7. The number of hydrogen-bond donors (Lipinski definition) is 2. The Hall–Kier alpha value is -3.35. The number of fused-ring (bicyclic) bond motifs is 5. The average Bonchev–Trinajstić information content (AvgIpc) is 3.79. The molecule has 4 aromatic rings. The quantitative estimate of drug-likeness (QED) is 0.314. The number of nitrogens with zero attached hydrogens (tertiary/aromatic N) is 7. The Kier molecular flexibility index (Phi) is 6.34. The van der Waals surface area contributed by atoms with Crippen LogP contribution in [0.2, 0.25) is 0 Å². The van der Waals surface area contributed by atoms with Crippen molar-refractivity contribution in [2.75, 3.05) is 50.5 Å². The van der Waals surface area contributed by atoms with Crippen molar-refractivity contribution in [3.05, 3.63) is 35.4 Å². The highest BCUT2D eigenvalue weighted by Gasteiger charge is 2.45. The number of ether oxygens (including phenoxy) is 1.